The van der Waals surface area contributed by atoms with Gasteiger partial charge >= 0.3 is 0 Å². The van der Waals surface area contributed by atoms with E-state index in [-0.39, 0.29) is 0 Å². The molecule has 0 aliphatic heterocycles. The zero-order chi connectivity index (χ0) is 30.5. The minimum atomic E-state index is 0.907. The van der Waals surface area contributed by atoms with Gasteiger partial charge in [0.25, 0.3) is 0 Å². The van der Waals surface area contributed by atoms with Crippen molar-refractivity contribution in [1.82, 2.24) is 15.0 Å². The Morgan fingerprint density at radius 3 is 1.76 bits per heavy atom. The quantitative estimate of drug-likeness (QED) is 0.193. The van der Waals surface area contributed by atoms with Crippen LogP contribution in [0.3, 0.4) is 0 Å². The van der Waals surface area contributed by atoms with E-state index in [1.165, 1.54) is 54.2 Å². The van der Waals surface area contributed by atoms with E-state index in [1.54, 1.807) is 0 Å². The third-order valence-corrected chi connectivity index (χ3v) is 9.23. The first-order valence-electron chi connectivity index (χ1n) is 15.8. The summed E-state index contributed by atoms with van der Waals surface area (Å²) in [7, 11) is 0. The summed E-state index contributed by atoms with van der Waals surface area (Å²) in [6.07, 6.45) is 8.08. The molecule has 0 spiro atoms. The van der Waals surface area contributed by atoms with Crippen LogP contribution >= 0.6 is 0 Å². The number of hydrogen-bond donors (Lipinski definition) is 0. The lowest BCUT2D eigenvalue weighted by molar-refractivity contribution is 1.06. The van der Waals surface area contributed by atoms with Crippen molar-refractivity contribution in [3.63, 3.8) is 0 Å². The van der Waals surface area contributed by atoms with Crippen molar-refractivity contribution in [3.05, 3.63) is 162 Å². The topological polar surface area (TPSA) is 38.7 Å². The normalized spacial score (nSPS) is 12.7. The lowest BCUT2D eigenvalue weighted by atomic mass is 9.84. The number of fused-ring (bicyclic) bond motifs is 4. The Kier molecular flexibility index (Phi) is 6.27. The molecule has 46 heavy (non-hydrogen) atoms. The summed E-state index contributed by atoms with van der Waals surface area (Å²) in [6.45, 7) is 0. The molecule has 0 fully saturated rings. The number of pyridine rings is 1. The summed E-state index contributed by atoms with van der Waals surface area (Å²) in [6, 6.07) is 47.3. The molecule has 0 unspecified atom stereocenters. The molecule has 0 N–H and O–H groups in total. The standard InChI is InChI=1S/C43H29N3/c1-2-13-28(14-3-1)42-43(46-39-25-9-8-24-38(39)45-42)37-23-11-20-30-31(37)21-10-22-32(30)41-35-18-6-4-16-33(35)40(29-15-12-26-44-27-29)34-17-5-7-19-36(34)41/h1-10,12-22,24-27H,11,23H2. The van der Waals surface area contributed by atoms with Crippen LogP contribution in [-0.2, 0) is 0 Å². The number of hydrogen-bond acceptors (Lipinski definition) is 3. The smallest absolute Gasteiger partial charge is 0.0969 e. The second-order valence-electron chi connectivity index (χ2n) is 11.8. The van der Waals surface area contributed by atoms with Crippen LogP contribution in [0, 0.1) is 0 Å². The highest BCUT2D eigenvalue weighted by atomic mass is 14.8. The molecule has 0 amide bonds. The fourth-order valence-corrected chi connectivity index (χ4v) is 7.26. The van der Waals surface area contributed by atoms with Crippen molar-refractivity contribution >= 4 is 44.2 Å². The van der Waals surface area contributed by atoms with Gasteiger partial charge in [0.1, 0.15) is 0 Å². The van der Waals surface area contributed by atoms with Crippen LogP contribution in [0.4, 0.5) is 0 Å². The molecule has 0 radical (unpaired) electrons. The van der Waals surface area contributed by atoms with Gasteiger partial charge in [0.05, 0.1) is 22.4 Å². The van der Waals surface area contributed by atoms with Crippen molar-refractivity contribution < 1.29 is 0 Å². The van der Waals surface area contributed by atoms with Gasteiger partial charge in [-0.15, -0.1) is 0 Å². The van der Waals surface area contributed by atoms with E-state index < -0.39 is 0 Å². The van der Waals surface area contributed by atoms with Crippen LogP contribution in [0.15, 0.2) is 146 Å². The second-order valence-corrected chi connectivity index (χ2v) is 11.8. The molecule has 6 aromatic carbocycles. The molecule has 0 bridgehead atoms. The molecule has 9 rings (SSSR count). The highest BCUT2D eigenvalue weighted by Gasteiger charge is 2.21. The van der Waals surface area contributed by atoms with Gasteiger partial charge in [-0.25, -0.2) is 9.97 Å². The molecule has 1 aliphatic rings. The third-order valence-electron chi connectivity index (χ3n) is 9.23. The van der Waals surface area contributed by atoms with E-state index in [0.717, 1.165) is 46.4 Å². The fraction of sp³-hybridized carbons (Fsp3) is 0.0465. The van der Waals surface area contributed by atoms with E-state index in [4.69, 9.17) is 9.97 Å². The molecule has 8 aromatic rings. The van der Waals surface area contributed by atoms with Gasteiger partial charge in [-0.2, -0.15) is 0 Å². The average Bonchev–Trinajstić information content (AvgIpc) is 3.13. The predicted molar refractivity (Wildman–Crippen MR) is 191 cm³/mol. The number of rotatable bonds is 4. The van der Waals surface area contributed by atoms with Crippen LogP contribution in [0.2, 0.25) is 0 Å². The Labute approximate surface area is 266 Å². The molecule has 3 heteroatoms. The second kappa shape index (κ2) is 10.9. The Balaban J connectivity index is 1.38. The highest BCUT2D eigenvalue weighted by molar-refractivity contribution is 6.21. The SMILES string of the molecule is C1=c2c(-c3c4ccccc4c(-c4cccnc4)c4ccccc34)cccc2=C(c2nc3ccccc3nc2-c2ccccc2)CC1. The van der Waals surface area contributed by atoms with Crippen molar-refractivity contribution in [2.24, 2.45) is 0 Å². The zero-order valence-electron chi connectivity index (χ0n) is 25.2. The predicted octanol–water partition coefficient (Wildman–Crippen LogP) is 9.11. The Morgan fingerprint density at radius 1 is 0.478 bits per heavy atom. The molecule has 0 saturated carbocycles. The minimum absolute atomic E-state index is 0.907. The number of benzene rings is 6. The third kappa shape index (κ3) is 4.24. The zero-order valence-corrected chi connectivity index (χ0v) is 25.2. The Hall–Kier alpha value is -5.93. The van der Waals surface area contributed by atoms with Gasteiger partial charge in [0.15, 0.2) is 0 Å². The van der Waals surface area contributed by atoms with Crippen molar-refractivity contribution in [2.45, 2.75) is 12.8 Å². The van der Waals surface area contributed by atoms with Gasteiger partial charge < -0.3 is 0 Å². The largest absolute Gasteiger partial charge is 0.264 e. The van der Waals surface area contributed by atoms with Crippen molar-refractivity contribution in [1.29, 1.82) is 0 Å². The van der Waals surface area contributed by atoms with Crippen LogP contribution < -0.4 is 10.4 Å². The maximum Gasteiger partial charge on any atom is 0.0969 e. The van der Waals surface area contributed by atoms with Crippen LogP contribution in [0.25, 0.3) is 77.7 Å². The lowest BCUT2D eigenvalue weighted by Gasteiger charge is -2.20. The van der Waals surface area contributed by atoms with E-state index in [9.17, 15) is 0 Å². The van der Waals surface area contributed by atoms with E-state index in [1.807, 2.05) is 30.6 Å². The summed E-state index contributed by atoms with van der Waals surface area (Å²) in [5.41, 5.74) is 10.9. The number of para-hydroxylation sites is 2. The monoisotopic (exact) mass is 587 g/mol. The summed E-state index contributed by atoms with van der Waals surface area (Å²) in [5.74, 6) is 0. The van der Waals surface area contributed by atoms with Gasteiger partial charge in [-0.3, -0.25) is 4.98 Å². The van der Waals surface area contributed by atoms with Crippen molar-refractivity contribution in [3.8, 4) is 33.5 Å². The molecule has 0 atom stereocenters. The molecule has 2 heterocycles. The van der Waals surface area contributed by atoms with Crippen LogP contribution in [0.5, 0.6) is 0 Å². The molecular weight excluding hydrogens is 558 g/mol. The number of aromatic nitrogens is 3. The minimum Gasteiger partial charge on any atom is -0.264 e. The Morgan fingerprint density at radius 2 is 1.09 bits per heavy atom. The summed E-state index contributed by atoms with van der Waals surface area (Å²) in [5, 5.41) is 7.44. The number of nitrogens with zero attached hydrogens (tertiary/aromatic N) is 3. The molecule has 0 saturated heterocycles. The Bertz CT molecular complexity index is 2510. The first-order valence-corrected chi connectivity index (χ1v) is 15.8. The van der Waals surface area contributed by atoms with Gasteiger partial charge in [-0.05, 0) is 85.3 Å². The molecule has 3 nitrogen and oxygen atoms in total. The highest BCUT2D eigenvalue weighted by Crippen LogP contribution is 2.42. The van der Waals surface area contributed by atoms with E-state index in [0.29, 0.717) is 0 Å². The fourth-order valence-electron chi connectivity index (χ4n) is 7.26. The van der Waals surface area contributed by atoms with Crippen LogP contribution in [0.1, 0.15) is 18.5 Å². The van der Waals surface area contributed by atoms with Gasteiger partial charge in [0.2, 0.25) is 0 Å². The maximum atomic E-state index is 5.30. The summed E-state index contributed by atoms with van der Waals surface area (Å²) in [4.78, 5) is 15.0. The summed E-state index contributed by atoms with van der Waals surface area (Å²) < 4.78 is 0. The van der Waals surface area contributed by atoms with Gasteiger partial charge in [0, 0.05) is 23.5 Å². The molecular formula is C43H29N3. The first kappa shape index (κ1) is 26.5. The first-order chi connectivity index (χ1) is 22.8. The van der Waals surface area contributed by atoms with E-state index in [2.05, 4.69) is 126 Å². The molecule has 216 valence electrons. The molecule has 2 aromatic heterocycles. The molecule has 1 aliphatic carbocycles. The lowest BCUT2D eigenvalue weighted by Crippen LogP contribution is -2.32. The van der Waals surface area contributed by atoms with E-state index >= 15 is 0 Å². The van der Waals surface area contributed by atoms with Gasteiger partial charge in [-0.1, -0.05) is 121 Å². The van der Waals surface area contributed by atoms with Crippen molar-refractivity contribution in [2.75, 3.05) is 0 Å². The average molecular weight is 588 g/mol. The summed E-state index contributed by atoms with van der Waals surface area (Å²) >= 11 is 0. The van der Waals surface area contributed by atoms with Crippen LogP contribution in [-0.4, -0.2) is 15.0 Å². The maximum absolute atomic E-state index is 5.30.